The molecular weight excluding hydrogens is 408 g/mol. The van der Waals surface area contributed by atoms with Crippen LogP contribution in [0.5, 0.6) is 17.2 Å². The lowest BCUT2D eigenvalue weighted by Gasteiger charge is -2.29. The maximum atomic E-state index is 12.8. The van der Waals surface area contributed by atoms with E-state index in [2.05, 4.69) is 19.2 Å². The molecule has 172 valence electrons. The van der Waals surface area contributed by atoms with Gasteiger partial charge in [-0.25, -0.2) is 0 Å². The first-order valence-electron chi connectivity index (χ1n) is 11.2. The van der Waals surface area contributed by atoms with Crippen LogP contribution in [0.2, 0.25) is 0 Å². The van der Waals surface area contributed by atoms with Gasteiger partial charge in [-0.15, -0.1) is 0 Å². The quantitative estimate of drug-likeness (QED) is 0.602. The standard InChI is InChI=1S/C25H32N2O5/c1-5-30-21-12-11-18(15-22(21)31-6-2)25(17(3)4)26-23(28)13-14-27-19-9-7-8-10-20(19)32-16-24(27)29/h7-12,15,17,25H,5-6,13-14,16H2,1-4H3,(H,26,28). The molecule has 2 amide bonds. The number of carbonyl (C=O) groups excluding carboxylic acids is 2. The Morgan fingerprint density at radius 3 is 2.53 bits per heavy atom. The summed E-state index contributed by atoms with van der Waals surface area (Å²) in [6.45, 7) is 9.33. The Bertz CT molecular complexity index is 944. The molecule has 7 nitrogen and oxygen atoms in total. The van der Waals surface area contributed by atoms with Crippen molar-refractivity contribution in [3.63, 3.8) is 0 Å². The van der Waals surface area contributed by atoms with Gasteiger partial charge in [0.25, 0.3) is 5.91 Å². The van der Waals surface area contributed by atoms with Crippen LogP contribution >= 0.6 is 0 Å². The molecule has 32 heavy (non-hydrogen) atoms. The molecule has 1 aliphatic rings. The topological polar surface area (TPSA) is 77.1 Å². The number of ether oxygens (including phenoxy) is 3. The Kier molecular flexibility index (Phi) is 7.98. The summed E-state index contributed by atoms with van der Waals surface area (Å²) < 4.78 is 16.9. The maximum Gasteiger partial charge on any atom is 0.265 e. The zero-order valence-corrected chi connectivity index (χ0v) is 19.2. The van der Waals surface area contributed by atoms with E-state index in [0.29, 0.717) is 42.7 Å². The van der Waals surface area contributed by atoms with Gasteiger partial charge in [0.1, 0.15) is 5.75 Å². The summed E-state index contributed by atoms with van der Waals surface area (Å²) in [5.74, 6) is 1.92. The van der Waals surface area contributed by atoms with Crippen LogP contribution in [-0.2, 0) is 9.59 Å². The monoisotopic (exact) mass is 440 g/mol. The van der Waals surface area contributed by atoms with Gasteiger partial charge < -0.3 is 24.4 Å². The van der Waals surface area contributed by atoms with Gasteiger partial charge in [-0.3, -0.25) is 9.59 Å². The fourth-order valence-electron chi connectivity index (χ4n) is 3.75. The molecule has 0 fully saturated rings. The fraction of sp³-hybridized carbons (Fsp3) is 0.440. The summed E-state index contributed by atoms with van der Waals surface area (Å²) >= 11 is 0. The molecule has 0 bridgehead atoms. The number of rotatable bonds is 10. The summed E-state index contributed by atoms with van der Waals surface area (Å²) in [4.78, 5) is 26.8. The SMILES string of the molecule is CCOc1ccc(C(NC(=O)CCN2C(=O)COc3ccccc32)C(C)C)cc1OCC. The zero-order valence-electron chi connectivity index (χ0n) is 19.2. The Morgan fingerprint density at radius 2 is 1.81 bits per heavy atom. The van der Waals surface area contributed by atoms with E-state index >= 15 is 0 Å². The number of hydrogen-bond donors (Lipinski definition) is 1. The van der Waals surface area contributed by atoms with Crippen LogP contribution in [0.4, 0.5) is 5.69 Å². The third-order valence-corrected chi connectivity index (χ3v) is 5.28. The van der Waals surface area contributed by atoms with E-state index in [-0.39, 0.29) is 36.8 Å². The highest BCUT2D eigenvalue weighted by atomic mass is 16.5. The fourth-order valence-corrected chi connectivity index (χ4v) is 3.75. The molecule has 1 atom stereocenters. The number of amides is 2. The van der Waals surface area contributed by atoms with Gasteiger partial charge in [-0.1, -0.05) is 32.0 Å². The molecule has 1 aliphatic heterocycles. The predicted molar refractivity (Wildman–Crippen MR) is 123 cm³/mol. The minimum atomic E-state index is -0.190. The summed E-state index contributed by atoms with van der Waals surface area (Å²) in [6.07, 6.45) is 0.193. The van der Waals surface area contributed by atoms with E-state index in [1.54, 1.807) is 4.90 Å². The number of nitrogens with one attached hydrogen (secondary N) is 1. The van der Waals surface area contributed by atoms with Crippen LogP contribution in [0.3, 0.4) is 0 Å². The maximum absolute atomic E-state index is 12.8. The van der Waals surface area contributed by atoms with Gasteiger partial charge in [-0.05, 0) is 49.6 Å². The molecule has 3 rings (SSSR count). The largest absolute Gasteiger partial charge is 0.490 e. The third kappa shape index (κ3) is 5.52. The van der Waals surface area contributed by atoms with Crippen molar-refractivity contribution in [1.29, 1.82) is 0 Å². The van der Waals surface area contributed by atoms with Gasteiger partial charge in [-0.2, -0.15) is 0 Å². The molecule has 1 N–H and O–H groups in total. The number of para-hydroxylation sites is 2. The highest BCUT2D eigenvalue weighted by molar-refractivity contribution is 5.98. The van der Waals surface area contributed by atoms with E-state index in [0.717, 1.165) is 5.56 Å². The van der Waals surface area contributed by atoms with Crippen molar-refractivity contribution in [1.82, 2.24) is 5.32 Å². The average Bonchev–Trinajstić information content (AvgIpc) is 2.78. The van der Waals surface area contributed by atoms with Gasteiger partial charge >= 0.3 is 0 Å². The number of anilines is 1. The first-order valence-corrected chi connectivity index (χ1v) is 11.2. The van der Waals surface area contributed by atoms with Gasteiger partial charge in [0.2, 0.25) is 5.91 Å². The highest BCUT2D eigenvalue weighted by Crippen LogP contribution is 2.34. The third-order valence-electron chi connectivity index (χ3n) is 5.28. The van der Waals surface area contributed by atoms with Crippen LogP contribution in [0.1, 0.15) is 45.7 Å². The molecule has 0 saturated heterocycles. The second-order valence-corrected chi connectivity index (χ2v) is 7.91. The van der Waals surface area contributed by atoms with Crippen molar-refractivity contribution in [3.8, 4) is 17.2 Å². The Balaban J connectivity index is 1.70. The van der Waals surface area contributed by atoms with Crippen LogP contribution in [0, 0.1) is 5.92 Å². The number of nitrogens with zero attached hydrogens (tertiary/aromatic N) is 1. The molecule has 0 aromatic heterocycles. The van der Waals surface area contributed by atoms with Crippen molar-refractivity contribution in [2.75, 3.05) is 31.3 Å². The second-order valence-electron chi connectivity index (χ2n) is 7.91. The minimum Gasteiger partial charge on any atom is -0.490 e. The van der Waals surface area contributed by atoms with Crippen molar-refractivity contribution < 1.29 is 23.8 Å². The number of benzene rings is 2. The van der Waals surface area contributed by atoms with E-state index in [1.165, 1.54) is 0 Å². The smallest absolute Gasteiger partial charge is 0.265 e. The molecule has 2 aromatic rings. The lowest BCUT2D eigenvalue weighted by atomic mass is 9.95. The summed E-state index contributed by atoms with van der Waals surface area (Å²) in [5.41, 5.74) is 1.65. The lowest BCUT2D eigenvalue weighted by molar-refractivity contribution is -0.122. The molecule has 7 heteroatoms. The summed E-state index contributed by atoms with van der Waals surface area (Å²) in [7, 11) is 0. The summed E-state index contributed by atoms with van der Waals surface area (Å²) in [6, 6.07) is 13.0. The molecule has 0 aliphatic carbocycles. The van der Waals surface area contributed by atoms with E-state index in [9.17, 15) is 9.59 Å². The van der Waals surface area contributed by atoms with Crippen LogP contribution < -0.4 is 24.4 Å². The molecule has 2 aromatic carbocycles. The van der Waals surface area contributed by atoms with Crippen molar-refractivity contribution in [3.05, 3.63) is 48.0 Å². The van der Waals surface area contributed by atoms with Gasteiger partial charge in [0.05, 0.1) is 24.9 Å². The molecule has 0 saturated carbocycles. The molecule has 0 radical (unpaired) electrons. The number of fused-ring (bicyclic) bond motifs is 1. The summed E-state index contributed by atoms with van der Waals surface area (Å²) in [5, 5.41) is 3.13. The van der Waals surface area contributed by atoms with Crippen molar-refractivity contribution in [2.45, 2.75) is 40.2 Å². The van der Waals surface area contributed by atoms with E-state index in [1.807, 2.05) is 56.3 Å². The first-order chi connectivity index (χ1) is 15.4. The number of carbonyl (C=O) groups is 2. The normalized spacial score (nSPS) is 13.9. The van der Waals surface area contributed by atoms with Crippen LogP contribution in [0.25, 0.3) is 0 Å². The Labute approximate surface area is 189 Å². The highest BCUT2D eigenvalue weighted by Gasteiger charge is 2.26. The van der Waals surface area contributed by atoms with Gasteiger partial charge in [0.15, 0.2) is 18.1 Å². The van der Waals surface area contributed by atoms with E-state index in [4.69, 9.17) is 14.2 Å². The average molecular weight is 441 g/mol. The van der Waals surface area contributed by atoms with Crippen LogP contribution in [-0.4, -0.2) is 38.2 Å². The Morgan fingerprint density at radius 1 is 1.09 bits per heavy atom. The lowest BCUT2D eigenvalue weighted by Crippen LogP contribution is -2.41. The first kappa shape index (κ1) is 23.4. The minimum absolute atomic E-state index is 0.0142. The van der Waals surface area contributed by atoms with E-state index < -0.39 is 0 Å². The predicted octanol–water partition coefficient (Wildman–Crippen LogP) is 4.11. The zero-order chi connectivity index (χ0) is 23.1. The second kappa shape index (κ2) is 10.9. The molecular formula is C25H32N2O5. The van der Waals surface area contributed by atoms with Crippen molar-refractivity contribution >= 4 is 17.5 Å². The number of hydrogen-bond acceptors (Lipinski definition) is 5. The van der Waals surface area contributed by atoms with Crippen molar-refractivity contribution in [2.24, 2.45) is 5.92 Å². The molecule has 0 spiro atoms. The molecule has 1 unspecified atom stereocenters. The molecule has 1 heterocycles. The van der Waals surface area contributed by atoms with Crippen LogP contribution in [0.15, 0.2) is 42.5 Å². The Hall–Kier alpha value is -3.22. The van der Waals surface area contributed by atoms with Gasteiger partial charge in [0, 0.05) is 13.0 Å².